The summed E-state index contributed by atoms with van der Waals surface area (Å²) >= 11 is 0. The third-order valence-corrected chi connectivity index (χ3v) is 2.65. The summed E-state index contributed by atoms with van der Waals surface area (Å²) in [6, 6.07) is 7.74. The van der Waals surface area contributed by atoms with Crippen molar-refractivity contribution in [3.63, 3.8) is 0 Å². The van der Waals surface area contributed by atoms with Gasteiger partial charge in [-0.3, -0.25) is 0 Å². The molecule has 0 aliphatic heterocycles. The molecule has 1 unspecified atom stereocenters. The first-order valence-electron chi connectivity index (χ1n) is 6.20. The lowest BCUT2D eigenvalue weighted by atomic mass is 10.3. The molecule has 0 amide bonds. The number of aromatic nitrogens is 2. The number of hydrogen-bond acceptors (Lipinski definition) is 4. The fourth-order valence-corrected chi connectivity index (χ4v) is 1.41. The fraction of sp³-hybridized carbons (Fsp3) is 0.286. The van der Waals surface area contributed by atoms with E-state index >= 15 is 0 Å². The Labute approximate surface area is 111 Å². The van der Waals surface area contributed by atoms with Gasteiger partial charge in [0.15, 0.2) is 0 Å². The zero-order valence-electron chi connectivity index (χ0n) is 10.9. The van der Waals surface area contributed by atoms with Crippen LogP contribution in [0.25, 0.3) is 0 Å². The van der Waals surface area contributed by atoms with Gasteiger partial charge >= 0.3 is 0 Å². The second-order valence-corrected chi connectivity index (χ2v) is 4.23. The molecule has 1 N–H and O–H groups in total. The van der Waals surface area contributed by atoms with E-state index in [-0.39, 0.29) is 5.82 Å². The van der Waals surface area contributed by atoms with Gasteiger partial charge in [-0.25, -0.2) is 9.37 Å². The van der Waals surface area contributed by atoms with E-state index in [9.17, 15) is 4.39 Å². The molecule has 0 radical (unpaired) electrons. The minimum atomic E-state index is -0.297. The lowest BCUT2D eigenvalue weighted by Crippen LogP contribution is -2.15. The first-order valence-corrected chi connectivity index (χ1v) is 6.20. The monoisotopic (exact) mass is 261 g/mol. The number of nitrogens with zero attached hydrogens (tertiary/aromatic N) is 2. The number of ether oxygens (including phenoxy) is 1. The molecule has 100 valence electrons. The molecule has 1 aromatic carbocycles. The average Bonchev–Trinajstić information content (AvgIpc) is 2.42. The topological polar surface area (TPSA) is 47.0 Å². The molecule has 0 saturated carbocycles. The molecule has 0 aliphatic carbocycles. The smallest absolute Gasteiger partial charge is 0.226 e. The van der Waals surface area contributed by atoms with E-state index in [0.29, 0.717) is 23.6 Å². The van der Waals surface area contributed by atoms with Crippen LogP contribution in [0.4, 0.5) is 10.3 Å². The van der Waals surface area contributed by atoms with Gasteiger partial charge in [0.2, 0.25) is 11.8 Å². The van der Waals surface area contributed by atoms with Gasteiger partial charge in [-0.15, -0.1) is 0 Å². The van der Waals surface area contributed by atoms with Crippen LogP contribution in [0.1, 0.15) is 20.3 Å². The summed E-state index contributed by atoms with van der Waals surface area (Å²) in [6.45, 7) is 4.13. The van der Waals surface area contributed by atoms with Gasteiger partial charge in [-0.1, -0.05) is 6.92 Å². The van der Waals surface area contributed by atoms with Crippen LogP contribution < -0.4 is 10.1 Å². The van der Waals surface area contributed by atoms with Gasteiger partial charge in [0.25, 0.3) is 0 Å². The number of halogens is 1. The van der Waals surface area contributed by atoms with Crippen LogP contribution in [0, 0.1) is 5.82 Å². The van der Waals surface area contributed by atoms with Crippen LogP contribution in [0.15, 0.2) is 36.5 Å². The van der Waals surface area contributed by atoms with Crippen LogP contribution in [0.2, 0.25) is 0 Å². The number of rotatable bonds is 5. The predicted octanol–water partition coefficient (Wildman–Crippen LogP) is 3.62. The average molecular weight is 261 g/mol. The van der Waals surface area contributed by atoms with E-state index < -0.39 is 0 Å². The van der Waals surface area contributed by atoms with Gasteiger partial charge in [-0.2, -0.15) is 4.98 Å². The Hall–Kier alpha value is -2.17. The molecule has 1 atom stereocenters. The van der Waals surface area contributed by atoms with Crippen LogP contribution in [-0.4, -0.2) is 16.0 Å². The number of benzene rings is 1. The number of nitrogens with one attached hydrogen (secondary N) is 1. The molecule has 2 aromatic rings. The normalized spacial score (nSPS) is 11.9. The first kappa shape index (κ1) is 13.3. The minimum Gasteiger partial charge on any atom is -0.439 e. The quantitative estimate of drug-likeness (QED) is 0.893. The number of hydrogen-bond donors (Lipinski definition) is 1. The lowest BCUT2D eigenvalue weighted by Gasteiger charge is -2.11. The standard InChI is InChI=1S/C14H16FN3O/c1-3-10(2)17-14-16-9-8-13(18-14)19-12-6-4-11(15)5-7-12/h4-10H,3H2,1-2H3,(H,16,17,18). The van der Waals surface area contributed by atoms with Gasteiger partial charge in [0, 0.05) is 18.3 Å². The summed E-state index contributed by atoms with van der Waals surface area (Å²) in [4.78, 5) is 8.36. The largest absolute Gasteiger partial charge is 0.439 e. The van der Waals surface area contributed by atoms with Crippen LogP contribution in [0.3, 0.4) is 0 Å². The molecule has 0 saturated heterocycles. The van der Waals surface area contributed by atoms with Gasteiger partial charge < -0.3 is 10.1 Å². The van der Waals surface area contributed by atoms with E-state index in [1.54, 1.807) is 24.4 Å². The number of anilines is 1. The van der Waals surface area contributed by atoms with Crippen molar-refractivity contribution in [2.45, 2.75) is 26.3 Å². The SMILES string of the molecule is CCC(C)Nc1nccc(Oc2ccc(F)cc2)n1. The predicted molar refractivity (Wildman–Crippen MR) is 71.9 cm³/mol. The van der Waals surface area contributed by atoms with E-state index in [0.717, 1.165) is 6.42 Å². The lowest BCUT2D eigenvalue weighted by molar-refractivity contribution is 0.460. The Bertz CT molecular complexity index is 530. The van der Waals surface area contributed by atoms with E-state index in [4.69, 9.17) is 4.74 Å². The summed E-state index contributed by atoms with van der Waals surface area (Å²) < 4.78 is 18.3. The first-order chi connectivity index (χ1) is 9.17. The third kappa shape index (κ3) is 3.91. The third-order valence-electron chi connectivity index (χ3n) is 2.65. The van der Waals surface area contributed by atoms with Crippen molar-refractivity contribution in [3.05, 3.63) is 42.3 Å². The highest BCUT2D eigenvalue weighted by atomic mass is 19.1. The zero-order chi connectivity index (χ0) is 13.7. The Morgan fingerprint density at radius 3 is 2.68 bits per heavy atom. The summed E-state index contributed by atoms with van der Waals surface area (Å²) in [5.41, 5.74) is 0. The Morgan fingerprint density at radius 2 is 2.00 bits per heavy atom. The maximum atomic E-state index is 12.8. The summed E-state index contributed by atoms with van der Waals surface area (Å²) in [6.07, 6.45) is 2.60. The molecule has 1 aromatic heterocycles. The molecule has 5 heteroatoms. The molecular weight excluding hydrogens is 245 g/mol. The Morgan fingerprint density at radius 1 is 1.26 bits per heavy atom. The van der Waals surface area contributed by atoms with E-state index in [2.05, 4.69) is 29.1 Å². The highest BCUT2D eigenvalue weighted by Crippen LogP contribution is 2.20. The van der Waals surface area contributed by atoms with Crippen molar-refractivity contribution in [2.75, 3.05) is 5.32 Å². The molecule has 0 bridgehead atoms. The maximum absolute atomic E-state index is 12.8. The highest BCUT2D eigenvalue weighted by Gasteiger charge is 2.04. The van der Waals surface area contributed by atoms with Crippen LogP contribution in [0.5, 0.6) is 11.6 Å². The Balaban J connectivity index is 2.08. The molecule has 2 rings (SSSR count). The van der Waals surface area contributed by atoms with Crippen LogP contribution >= 0.6 is 0 Å². The minimum absolute atomic E-state index is 0.293. The second kappa shape index (κ2) is 6.13. The van der Waals surface area contributed by atoms with Crippen molar-refractivity contribution >= 4 is 5.95 Å². The molecule has 4 nitrogen and oxygen atoms in total. The second-order valence-electron chi connectivity index (χ2n) is 4.23. The van der Waals surface area contributed by atoms with Crippen molar-refractivity contribution in [1.82, 2.24) is 9.97 Å². The van der Waals surface area contributed by atoms with Crippen molar-refractivity contribution in [3.8, 4) is 11.6 Å². The van der Waals surface area contributed by atoms with Gasteiger partial charge in [-0.05, 0) is 37.6 Å². The Kier molecular flexibility index (Phi) is 4.28. The molecule has 0 fully saturated rings. The molecule has 19 heavy (non-hydrogen) atoms. The van der Waals surface area contributed by atoms with Crippen molar-refractivity contribution in [1.29, 1.82) is 0 Å². The van der Waals surface area contributed by atoms with Crippen molar-refractivity contribution in [2.24, 2.45) is 0 Å². The molecule has 0 aliphatic rings. The van der Waals surface area contributed by atoms with E-state index in [1.165, 1.54) is 12.1 Å². The van der Waals surface area contributed by atoms with Crippen LogP contribution in [-0.2, 0) is 0 Å². The zero-order valence-corrected chi connectivity index (χ0v) is 10.9. The fourth-order valence-electron chi connectivity index (χ4n) is 1.41. The molecule has 0 spiro atoms. The van der Waals surface area contributed by atoms with Crippen molar-refractivity contribution < 1.29 is 9.13 Å². The molecular formula is C14H16FN3O. The van der Waals surface area contributed by atoms with Gasteiger partial charge in [0.1, 0.15) is 11.6 Å². The highest BCUT2D eigenvalue weighted by molar-refractivity contribution is 5.32. The summed E-state index contributed by atoms with van der Waals surface area (Å²) in [5, 5.41) is 3.16. The van der Waals surface area contributed by atoms with E-state index in [1.807, 2.05) is 0 Å². The molecule has 1 heterocycles. The summed E-state index contributed by atoms with van der Waals surface area (Å²) in [5.74, 6) is 1.19. The summed E-state index contributed by atoms with van der Waals surface area (Å²) in [7, 11) is 0. The maximum Gasteiger partial charge on any atom is 0.226 e. The van der Waals surface area contributed by atoms with Gasteiger partial charge in [0.05, 0.1) is 0 Å².